The number of ketones is 1. The highest BCUT2D eigenvalue weighted by Gasteiger charge is 2.05. The summed E-state index contributed by atoms with van der Waals surface area (Å²) in [6, 6.07) is 12.3. The number of carbonyl (C=O) groups is 1. The van der Waals surface area contributed by atoms with Crippen LogP contribution in [0.15, 0.2) is 42.5 Å². The van der Waals surface area contributed by atoms with Crippen molar-refractivity contribution in [3.8, 4) is 22.6 Å². The minimum absolute atomic E-state index is 0.0176. The average Bonchev–Trinajstić information content (AvgIpc) is 2.38. The van der Waals surface area contributed by atoms with E-state index in [-0.39, 0.29) is 11.5 Å². The Labute approximate surface area is 106 Å². The molecular formula is C15H14O3. The minimum atomic E-state index is 0.0176. The van der Waals surface area contributed by atoms with Crippen molar-refractivity contribution in [1.29, 1.82) is 0 Å². The van der Waals surface area contributed by atoms with E-state index in [1.807, 2.05) is 18.2 Å². The number of phenolic OH excluding ortho intramolecular Hbond substituents is 1. The fourth-order valence-electron chi connectivity index (χ4n) is 1.79. The number of carbonyl (C=O) groups excluding carboxylic acids is 1. The lowest BCUT2D eigenvalue weighted by atomic mass is 10.0. The quantitative estimate of drug-likeness (QED) is 0.840. The third-order valence-corrected chi connectivity index (χ3v) is 2.73. The molecule has 0 atom stereocenters. The number of methoxy groups -OCH3 is 1. The van der Waals surface area contributed by atoms with Crippen LogP contribution in [0.5, 0.6) is 11.5 Å². The van der Waals surface area contributed by atoms with Crippen molar-refractivity contribution in [2.45, 2.75) is 6.92 Å². The summed E-state index contributed by atoms with van der Waals surface area (Å²) < 4.78 is 5.11. The largest absolute Gasteiger partial charge is 0.508 e. The molecule has 0 aliphatic rings. The van der Waals surface area contributed by atoms with Crippen LogP contribution in [0.4, 0.5) is 0 Å². The van der Waals surface area contributed by atoms with Crippen LogP contribution in [-0.2, 0) is 0 Å². The first-order valence-corrected chi connectivity index (χ1v) is 5.59. The second kappa shape index (κ2) is 4.92. The molecule has 0 bridgehead atoms. The molecule has 18 heavy (non-hydrogen) atoms. The second-order valence-electron chi connectivity index (χ2n) is 4.06. The van der Waals surface area contributed by atoms with Gasteiger partial charge in [0.2, 0.25) is 0 Å². The third-order valence-electron chi connectivity index (χ3n) is 2.73. The van der Waals surface area contributed by atoms with Crippen LogP contribution in [0, 0.1) is 0 Å². The molecule has 2 aromatic carbocycles. The van der Waals surface area contributed by atoms with Gasteiger partial charge < -0.3 is 9.84 Å². The van der Waals surface area contributed by atoms with Crippen molar-refractivity contribution in [2.75, 3.05) is 7.11 Å². The van der Waals surface area contributed by atoms with Crippen LogP contribution in [0.25, 0.3) is 11.1 Å². The molecule has 0 aromatic heterocycles. The number of phenols is 1. The zero-order valence-corrected chi connectivity index (χ0v) is 10.3. The first-order valence-electron chi connectivity index (χ1n) is 5.59. The van der Waals surface area contributed by atoms with Crippen molar-refractivity contribution in [3.05, 3.63) is 48.0 Å². The summed E-state index contributed by atoms with van der Waals surface area (Å²) in [6.07, 6.45) is 0. The Morgan fingerprint density at radius 1 is 1.11 bits per heavy atom. The average molecular weight is 242 g/mol. The maximum absolute atomic E-state index is 11.3. The zero-order valence-electron chi connectivity index (χ0n) is 10.3. The number of ether oxygens (including phenoxy) is 1. The van der Waals surface area contributed by atoms with E-state index in [1.165, 1.54) is 6.92 Å². The highest BCUT2D eigenvalue weighted by atomic mass is 16.5. The molecule has 0 unspecified atom stereocenters. The molecule has 2 rings (SSSR count). The topological polar surface area (TPSA) is 46.5 Å². The molecule has 0 heterocycles. The first kappa shape index (κ1) is 12.2. The van der Waals surface area contributed by atoms with E-state index >= 15 is 0 Å². The minimum Gasteiger partial charge on any atom is -0.508 e. The molecule has 1 N–H and O–H groups in total. The fourth-order valence-corrected chi connectivity index (χ4v) is 1.79. The SMILES string of the molecule is COc1cc(O)cc(-c2cccc(C(C)=O)c2)c1. The summed E-state index contributed by atoms with van der Waals surface area (Å²) in [7, 11) is 1.55. The normalized spacial score (nSPS) is 10.1. The van der Waals surface area contributed by atoms with Gasteiger partial charge >= 0.3 is 0 Å². The van der Waals surface area contributed by atoms with Crippen molar-refractivity contribution in [3.63, 3.8) is 0 Å². The molecule has 0 saturated heterocycles. The van der Waals surface area contributed by atoms with Crippen molar-refractivity contribution < 1.29 is 14.6 Å². The number of rotatable bonds is 3. The van der Waals surface area contributed by atoms with Crippen LogP contribution >= 0.6 is 0 Å². The maximum Gasteiger partial charge on any atom is 0.159 e. The fraction of sp³-hybridized carbons (Fsp3) is 0.133. The molecule has 0 aliphatic carbocycles. The number of Topliss-reactive ketones (excluding diaryl/α,β-unsaturated/α-hetero) is 1. The predicted molar refractivity (Wildman–Crippen MR) is 70.1 cm³/mol. The van der Waals surface area contributed by atoms with Gasteiger partial charge in [-0.1, -0.05) is 18.2 Å². The lowest BCUT2D eigenvalue weighted by molar-refractivity contribution is 0.101. The van der Waals surface area contributed by atoms with E-state index in [0.717, 1.165) is 11.1 Å². The molecule has 2 aromatic rings. The molecule has 0 aliphatic heterocycles. The van der Waals surface area contributed by atoms with Crippen molar-refractivity contribution in [1.82, 2.24) is 0 Å². The van der Waals surface area contributed by atoms with Gasteiger partial charge in [0, 0.05) is 11.6 Å². The number of benzene rings is 2. The lowest BCUT2D eigenvalue weighted by Crippen LogP contribution is -1.92. The molecule has 3 nitrogen and oxygen atoms in total. The van der Waals surface area contributed by atoms with Crippen molar-refractivity contribution >= 4 is 5.78 Å². The van der Waals surface area contributed by atoms with Crippen LogP contribution in [-0.4, -0.2) is 18.0 Å². The summed E-state index contributed by atoms with van der Waals surface area (Å²) in [5.41, 5.74) is 2.33. The lowest BCUT2D eigenvalue weighted by Gasteiger charge is -2.07. The molecule has 3 heteroatoms. The van der Waals surface area contributed by atoms with E-state index in [2.05, 4.69) is 0 Å². The molecule has 0 saturated carbocycles. The summed E-state index contributed by atoms with van der Waals surface area (Å²) >= 11 is 0. The van der Waals surface area contributed by atoms with Crippen molar-refractivity contribution in [2.24, 2.45) is 0 Å². The molecule has 92 valence electrons. The molecule has 0 amide bonds. The number of hydrogen-bond acceptors (Lipinski definition) is 3. The highest BCUT2D eigenvalue weighted by Crippen LogP contribution is 2.29. The van der Waals surface area contributed by atoms with E-state index < -0.39 is 0 Å². The molecule has 0 radical (unpaired) electrons. The Bertz CT molecular complexity index is 588. The van der Waals surface area contributed by atoms with Crippen LogP contribution in [0.3, 0.4) is 0 Å². The summed E-state index contributed by atoms with van der Waals surface area (Å²) in [4.78, 5) is 11.3. The van der Waals surface area contributed by atoms with E-state index in [4.69, 9.17) is 4.74 Å². The van der Waals surface area contributed by atoms with Gasteiger partial charge in [-0.2, -0.15) is 0 Å². The smallest absolute Gasteiger partial charge is 0.159 e. The van der Waals surface area contributed by atoms with Gasteiger partial charge in [0.15, 0.2) is 5.78 Å². The summed E-state index contributed by atoms with van der Waals surface area (Å²) in [5, 5.41) is 9.62. The Morgan fingerprint density at radius 3 is 2.56 bits per heavy atom. The molecule has 0 fully saturated rings. The molecule has 0 spiro atoms. The maximum atomic E-state index is 11.3. The van der Waals surface area contributed by atoms with Gasteiger partial charge in [-0.05, 0) is 36.2 Å². The zero-order chi connectivity index (χ0) is 13.1. The van der Waals surface area contributed by atoms with Gasteiger partial charge in [0.05, 0.1) is 7.11 Å². The number of aromatic hydroxyl groups is 1. The summed E-state index contributed by atoms with van der Waals surface area (Å²) in [5.74, 6) is 0.736. The number of hydrogen-bond donors (Lipinski definition) is 1. The third kappa shape index (κ3) is 2.51. The van der Waals surface area contributed by atoms with Gasteiger partial charge in [0.25, 0.3) is 0 Å². The van der Waals surface area contributed by atoms with Crippen LogP contribution < -0.4 is 4.74 Å². The van der Waals surface area contributed by atoms with E-state index in [9.17, 15) is 9.90 Å². The predicted octanol–water partition coefficient (Wildman–Crippen LogP) is 3.27. The highest BCUT2D eigenvalue weighted by molar-refractivity contribution is 5.95. The molecular weight excluding hydrogens is 228 g/mol. The van der Waals surface area contributed by atoms with Gasteiger partial charge in [-0.25, -0.2) is 0 Å². The van der Waals surface area contributed by atoms with E-state index in [1.54, 1.807) is 31.4 Å². The Balaban J connectivity index is 2.51. The monoisotopic (exact) mass is 242 g/mol. The Hall–Kier alpha value is -2.29. The van der Waals surface area contributed by atoms with Gasteiger partial charge in [-0.3, -0.25) is 4.79 Å². The second-order valence-corrected chi connectivity index (χ2v) is 4.06. The van der Waals surface area contributed by atoms with Crippen LogP contribution in [0.2, 0.25) is 0 Å². The Morgan fingerprint density at radius 2 is 1.89 bits per heavy atom. The van der Waals surface area contributed by atoms with Gasteiger partial charge in [-0.15, -0.1) is 0 Å². The standard InChI is InChI=1S/C15H14O3/c1-10(16)11-4-3-5-12(6-11)13-7-14(17)9-15(8-13)18-2/h3-9,17H,1-2H3. The first-order chi connectivity index (χ1) is 8.60. The Kier molecular flexibility index (Phi) is 3.33. The van der Waals surface area contributed by atoms with Crippen LogP contribution in [0.1, 0.15) is 17.3 Å². The van der Waals surface area contributed by atoms with E-state index in [0.29, 0.717) is 11.3 Å². The van der Waals surface area contributed by atoms with Gasteiger partial charge in [0.1, 0.15) is 11.5 Å². The summed E-state index contributed by atoms with van der Waals surface area (Å²) in [6.45, 7) is 1.53.